The maximum Gasteiger partial charge on any atom is 0.115 e. The zero-order valence-corrected chi connectivity index (χ0v) is 9.94. The van der Waals surface area contributed by atoms with E-state index in [9.17, 15) is 0 Å². The average molecular weight is 221 g/mol. The Bertz CT molecular complexity index is 370. The maximum absolute atomic E-state index is 5.73. The molecular weight excluding hydrogens is 202 g/mol. The van der Waals surface area contributed by atoms with Gasteiger partial charge in [0, 0.05) is 7.05 Å². The monoisotopic (exact) mass is 221 g/mol. The van der Waals surface area contributed by atoms with Crippen LogP contribution in [0.4, 0.5) is 0 Å². The van der Waals surface area contributed by atoms with Gasteiger partial charge in [0.2, 0.25) is 0 Å². The number of aryl methyl sites for hydroxylation is 1. The van der Waals surface area contributed by atoms with E-state index in [4.69, 9.17) is 4.74 Å². The second-order valence-electron chi connectivity index (χ2n) is 4.02. The van der Waals surface area contributed by atoms with E-state index in [2.05, 4.69) is 23.3 Å². The summed E-state index contributed by atoms with van der Waals surface area (Å²) in [7, 11) is 2.01. The Labute approximate surface area is 96.3 Å². The van der Waals surface area contributed by atoms with Gasteiger partial charge in [-0.3, -0.25) is 0 Å². The van der Waals surface area contributed by atoms with Crippen molar-refractivity contribution in [2.45, 2.75) is 25.8 Å². The first-order valence-corrected chi connectivity index (χ1v) is 5.85. The molecule has 0 saturated carbocycles. The summed E-state index contributed by atoms with van der Waals surface area (Å²) in [5.74, 6) is 1.04. The number of likely N-dealkylation sites (N-methyl/N-ethyl adjacent to an activating group) is 1. The molecule has 1 aromatic heterocycles. The lowest BCUT2D eigenvalue weighted by molar-refractivity contribution is 0.166. The Morgan fingerprint density at radius 1 is 1.62 bits per heavy atom. The smallest absolute Gasteiger partial charge is 0.115 e. The molecule has 1 aromatic rings. The van der Waals surface area contributed by atoms with E-state index < -0.39 is 0 Å². The zero-order valence-electron chi connectivity index (χ0n) is 9.94. The predicted octanol–water partition coefficient (Wildman–Crippen LogP) is 1.76. The van der Waals surface area contributed by atoms with Gasteiger partial charge in [0.1, 0.15) is 11.8 Å². The minimum atomic E-state index is 0.137. The first kappa shape index (κ1) is 11.2. The van der Waals surface area contributed by atoms with E-state index in [0.717, 1.165) is 37.4 Å². The van der Waals surface area contributed by atoms with Gasteiger partial charge >= 0.3 is 0 Å². The van der Waals surface area contributed by atoms with Gasteiger partial charge in [-0.25, -0.2) is 4.98 Å². The molecule has 2 rings (SSSR count). The molecule has 0 aliphatic carbocycles. The quantitative estimate of drug-likeness (QED) is 0.842. The van der Waals surface area contributed by atoms with Crippen LogP contribution in [0, 0.1) is 0 Å². The Balaban J connectivity index is 2.23. The van der Waals surface area contributed by atoms with E-state index >= 15 is 0 Å². The highest BCUT2D eigenvalue weighted by Crippen LogP contribution is 2.25. The van der Waals surface area contributed by atoms with E-state index in [1.807, 2.05) is 24.1 Å². The molecule has 4 nitrogen and oxygen atoms in total. The summed E-state index contributed by atoms with van der Waals surface area (Å²) in [4.78, 5) is 4.16. The highest BCUT2D eigenvalue weighted by molar-refractivity contribution is 5.18. The third-order valence-electron chi connectivity index (χ3n) is 2.81. The van der Waals surface area contributed by atoms with E-state index in [-0.39, 0.29) is 6.04 Å². The van der Waals surface area contributed by atoms with Crippen molar-refractivity contribution in [3.8, 4) is 0 Å². The number of allylic oxidation sites excluding steroid dienone is 1. The molecule has 16 heavy (non-hydrogen) atoms. The Morgan fingerprint density at radius 3 is 3.06 bits per heavy atom. The van der Waals surface area contributed by atoms with Gasteiger partial charge in [0.25, 0.3) is 0 Å². The molecule has 2 heterocycles. The third kappa shape index (κ3) is 2.27. The second kappa shape index (κ2) is 5.16. The Kier molecular flexibility index (Phi) is 3.62. The van der Waals surface area contributed by atoms with Crippen molar-refractivity contribution in [3.63, 3.8) is 0 Å². The fourth-order valence-electron chi connectivity index (χ4n) is 1.98. The number of rotatable bonds is 4. The summed E-state index contributed by atoms with van der Waals surface area (Å²) in [5, 5.41) is 3.44. The van der Waals surface area contributed by atoms with Crippen LogP contribution in [0.15, 0.2) is 24.4 Å². The molecule has 0 aromatic carbocycles. The molecule has 1 aliphatic rings. The first-order valence-electron chi connectivity index (χ1n) is 5.85. The minimum absolute atomic E-state index is 0.137. The van der Waals surface area contributed by atoms with Crippen molar-refractivity contribution in [3.05, 3.63) is 30.1 Å². The van der Waals surface area contributed by atoms with Gasteiger partial charge < -0.3 is 14.6 Å². The summed E-state index contributed by atoms with van der Waals surface area (Å²) in [5.41, 5.74) is 1.15. The van der Waals surface area contributed by atoms with Gasteiger partial charge in [-0.1, -0.05) is 6.92 Å². The summed E-state index contributed by atoms with van der Waals surface area (Å²) in [6, 6.07) is 0.137. The third-order valence-corrected chi connectivity index (χ3v) is 2.81. The summed E-state index contributed by atoms with van der Waals surface area (Å²) in [6.07, 6.45) is 8.13. The van der Waals surface area contributed by atoms with Crippen LogP contribution in [0.25, 0.3) is 0 Å². The Morgan fingerprint density at radius 2 is 2.50 bits per heavy atom. The van der Waals surface area contributed by atoms with Gasteiger partial charge in [-0.05, 0) is 25.5 Å². The van der Waals surface area contributed by atoms with Crippen LogP contribution < -0.4 is 5.32 Å². The van der Waals surface area contributed by atoms with Gasteiger partial charge in [-0.15, -0.1) is 0 Å². The molecule has 0 fully saturated rings. The van der Waals surface area contributed by atoms with Crippen molar-refractivity contribution in [2.75, 3.05) is 13.2 Å². The van der Waals surface area contributed by atoms with Crippen molar-refractivity contribution in [1.82, 2.24) is 14.9 Å². The maximum atomic E-state index is 5.73. The number of hydrogen-bond acceptors (Lipinski definition) is 3. The lowest BCUT2D eigenvalue weighted by Gasteiger charge is -2.24. The van der Waals surface area contributed by atoms with Gasteiger partial charge in [0.15, 0.2) is 0 Å². The van der Waals surface area contributed by atoms with E-state index in [0.29, 0.717) is 0 Å². The lowest BCUT2D eigenvalue weighted by atomic mass is 10.1. The van der Waals surface area contributed by atoms with Crippen molar-refractivity contribution >= 4 is 0 Å². The first-order chi connectivity index (χ1) is 7.83. The Hall–Kier alpha value is -1.29. The molecule has 1 atom stereocenters. The molecule has 1 unspecified atom stereocenters. The summed E-state index contributed by atoms with van der Waals surface area (Å²) < 4.78 is 7.76. The fourth-order valence-corrected chi connectivity index (χ4v) is 1.98. The minimum Gasteiger partial charge on any atom is -0.496 e. The van der Waals surface area contributed by atoms with Crippen molar-refractivity contribution in [1.29, 1.82) is 0 Å². The molecular formula is C12H19N3O. The number of imidazole rings is 1. The normalized spacial score (nSPS) is 17.8. The summed E-state index contributed by atoms with van der Waals surface area (Å²) in [6.45, 7) is 3.84. The van der Waals surface area contributed by atoms with Crippen molar-refractivity contribution < 1.29 is 4.74 Å². The number of hydrogen-bond donors (Lipinski definition) is 1. The highest BCUT2D eigenvalue weighted by atomic mass is 16.5. The van der Waals surface area contributed by atoms with E-state index in [1.54, 1.807) is 0 Å². The van der Waals surface area contributed by atoms with E-state index in [1.165, 1.54) is 0 Å². The highest BCUT2D eigenvalue weighted by Gasteiger charge is 2.21. The van der Waals surface area contributed by atoms with Crippen LogP contribution in [0.3, 0.4) is 0 Å². The largest absolute Gasteiger partial charge is 0.496 e. The molecule has 1 aliphatic heterocycles. The fraction of sp³-hybridized carbons (Fsp3) is 0.583. The topological polar surface area (TPSA) is 39.1 Å². The van der Waals surface area contributed by atoms with Gasteiger partial charge in [0.05, 0.1) is 24.8 Å². The summed E-state index contributed by atoms with van der Waals surface area (Å²) >= 11 is 0. The molecule has 0 radical (unpaired) electrons. The van der Waals surface area contributed by atoms with Crippen LogP contribution in [-0.4, -0.2) is 22.7 Å². The average Bonchev–Trinajstić information content (AvgIpc) is 2.73. The van der Waals surface area contributed by atoms with Crippen LogP contribution in [0.1, 0.15) is 31.5 Å². The van der Waals surface area contributed by atoms with Gasteiger partial charge in [-0.2, -0.15) is 0 Å². The van der Waals surface area contributed by atoms with Crippen molar-refractivity contribution in [2.24, 2.45) is 7.05 Å². The second-order valence-corrected chi connectivity index (χ2v) is 4.02. The number of ether oxygens (including phenoxy) is 1. The zero-order chi connectivity index (χ0) is 11.4. The predicted molar refractivity (Wildman–Crippen MR) is 62.9 cm³/mol. The number of aromatic nitrogens is 2. The van der Waals surface area contributed by atoms with Crippen LogP contribution in [0.2, 0.25) is 0 Å². The molecule has 0 bridgehead atoms. The number of nitrogens with zero attached hydrogens (tertiary/aromatic N) is 2. The number of nitrogens with one attached hydrogen (secondary N) is 1. The molecule has 1 N–H and O–H groups in total. The SMILES string of the molecule is CCNC(C1=CCCCO1)c1cncn1C. The lowest BCUT2D eigenvalue weighted by Crippen LogP contribution is -2.26. The molecule has 88 valence electrons. The standard InChI is InChI=1S/C12H19N3O/c1-3-14-12(10-8-13-9-15(10)2)11-6-4-5-7-16-11/h6,8-9,12,14H,3-5,7H2,1-2H3. The van der Waals surface area contributed by atoms with Crippen LogP contribution >= 0.6 is 0 Å². The molecule has 0 saturated heterocycles. The van der Waals surface area contributed by atoms with Crippen LogP contribution in [0.5, 0.6) is 0 Å². The molecule has 0 amide bonds. The molecule has 4 heteroatoms. The van der Waals surface area contributed by atoms with Crippen LogP contribution in [-0.2, 0) is 11.8 Å². The molecule has 0 spiro atoms.